The van der Waals surface area contributed by atoms with Gasteiger partial charge in [-0.2, -0.15) is 0 Å². The lowest BCUT2D eigenvalue weighted by molar-refractivity contribution is 0.00148. The molecule has 7 heteroatoms. The van der Waals surface area contributed by atoms with E-state index in [0.717, 1.165) is 24.2 Å². The van der Waals surface area contributed by atoms with Gasteiger partial charge < -0.3 is 14.4 Å². The molecular formula is C23H24N4O3. The van der Waals surface area contributed by atoms with Crippen LogP contribution in [0.25, 0.3) is 11.3 Å². The average Bonchev–Trinajstić information content (AvgIpc) is 2.80. The first kappa shape index (κ1) is 18.8. The quantitative estimate of drug-likeness (QED) is 0.669. The maximum absolute atomic E-state index is 12.8. The van der Waals surface area contributed by atoms with E-state index in [-0.39, 0.29) is 17.7 Å². The topological polar surface area (TPSA) is 69.5 Å². The van der Waals surface area contributed by atoms with Gasteiger partial charge in [-0.1, -0.05) is 12.1 Å². The molecule has 1 fully saturated rings. The van der Waals surface area contributed by atoms with Gasteiger partial charge in [0.05, 0.1) is 25.5 Å². The Bertz CT molecular complexity index is 1130. The first-order chi connectivity index (χ1) is 14.7. The summed E-state index contributed by atoms with van der Waals surface area (Å²) in [5, 5.41) is 0. The smallest absolute Gasteiger partial charge is 0.255 e. The van der Waals surface area contributed by atoms with Gasteiger partial charge >= 0.3 is 0 Å². The lowest BCUT2D eigenvalue weighted by Gasteiger charge is -2.45. The molecule has 1 aliphatic carbocycles. The van der Waals surface area contributed by atoms with Gasteiger partial charge in [-0.3, -0.25) is 14.3 Å². The molecule has 2 unspecified atom stereocenters. The molecule has 2 aromatic heterocycles. The number of rotatable bonds is 3. The van der Waals surface area contributed by atoms with Crippen molar-refractivity contribution in [1.82, 2.24) is 14.5 Å². The van der Waals surface area contributed by atoms with Crippen molar-refractivity contribution in [3.8, 4) is 17.0 Å². The van der Waals surface area contributed by atoms with E-state index in [1.165, 1.54) is 11.1 Å². The standard InChI is InChI=1S/C23H24N4O3/c1-26-21(28)14-18(15-8-10-24-11-9-15)25-23(26)27-12-13-30-22-17-4-3-5-20(29-2)16(17)6-7-19(22)27/h3-5,8-11,14,19,22H,6-7,12-13H2,1-2H3. The van der Waals surface area contributed by atoms with Crippen LogP contribution >= 0.6 is 0 Å². The molecule has 3 aromatic rings. The molecule has 0 radical (unpaired) electrons. The SMILES string of the molecule is COc1cccc2c1CCC1C2OCCN1c1nc(-c2ccncc2)cc(=O)n1C. The number of aromatic nitrogens is 3. The third-order valence-corrected chi connectivity index (χ3v) is 6.11. The highest BCUT2D eigenvalue weighted by atomic mass is 16.5. The average molecular weight is 404 g/mol. The molecule has 0 amide bonds. The van der Waals surface area contributed by atoms with Crippen LogP contribution in [0.5, 0.6) is 5.75 Å². The van der Waals surface area contributed by atoms with Crippen molar-refractivity contribution in [3.63, 3.8) is 0 Å². The van der Waals surface area contributed by atoms with Gasteiger partial charge in [-0.15, -0.1) is 0 Å². The van der Waals surface area contributed by atoms with Crippen LogP contribution < -0.4 is 15.2 Å². The van der Waals surface area contributed by atoms with Gasteiger partial charge in [-0.05, 0) is 36.6 Å². The lowest BCUT2D eigenvalue weighted by Crippen LogP contribution is -2.51. The van der Waals surface area contributed by atoms with E-state index in [4.69, 9.17) is 14.5 Å². The Morgan fingerprint density at radius 3 is 2.83 bits per heavy atom. The molecule has 30 heavy (non-hydrogen) atoms. The Morgan fingerprint density at radius 2 is 2.03 bits per heavy atom. The van der Waals surface area contributed by atoms with Crippen LogP contribution in [0.4, 0.5) is 5.95 Å². The Labute approximate surface area is 174 Å². The van der Waals surface area contributed by atoms with Crippen molar-refractivity contribution >= 4 is 5.95 Å². The second-order valence-electron chi connectivity index (χ2n) is 7.69. The highest BCUT2D eigenvalue weighted by Gasteiger charge is 2.39. The first-order valence-corrected chi connectivity index (χ1v) is 10.2. The minimum atomic E-state index is -0.0762. The molecule has 0 bridgehead atoms. The van der Waals surface area contributed by atoms with Crippen molar-refractivity contribution in [2.45, 2.75) is 25.0 Å². The summed E-state index contributed by atoms with van der Waals surface area (Å²) in [7, 11) is 3.49. The van der Waals surface area contributed by atoms with E-state index in [1.807, 2.05) is 24.3 Å². The summed E-state index contributed by atoms with van der Waals surface area (Å²) in [6.45, 7) is 1.27. The van der Waals surface area contributed by atoms with Gasteiger partial charge in [0, 0.05) is 43.2 Å². The molecule has 3 heterocycles. The van der Waals surface area contributed by atoms with Crippen molar-refractivity contribution in [1.29, 1.82) is 0 Å². The predicted octanol–water partition coefficient (Wildman–Crippen LogP) is 2.74. The van der Waals surface area contributed by atoms with Crippen molar-refractivity contribution in [2.75, 3.05) is 25.2 Å². The predicted molar refractivity (Wildman–Crippen MR) is 114 cm³/mol. The number of ether oxygens (including phenoxy) is 2. The number of nitrogens with zero attached hydrogens (tertiary/aromatic N) is 4. The maximum Gasteiger partial charge on any atom is 0.255 e. The van der Waals surface area contributed by atoms with Gasteiger partial charge in [0.2, 0.25) is 5.95 Å². The summed E-state index contributed by atoms with van der Waals surface area (Å²) in [4.78, 5) is 23.9. The molecule has 7 nitrogen and oxygen atoms in total. The number of fused-ring (bicyclic) bond motifs is 3. The summed E-state index contributed by atoms with van der Waals surface area (Å²) < 4.78 is 13.4. The Hall–Kier alpha value is -3.19. The zero-order chi connectivity index (χ0) is 20.7. The maximum atomic E-state index is 12.8. The summed E-state index contributed by atoms with van der Waals surface area (Å²) in [5.74, 6) is 1.59. The number of anilines is 1. The molecule has 0 spiro atoms. The second kappa shape index (κ2) is 7.57. The number of hydrogen-bond acceptors (Lipinski definition) is 6. The highest BCUT2D eigenvalue weighted by Crippen LogP contribution is 2.42. The van der Waals surface area contributed by atoms with Crippen LogP contribution in [0.2, 0.25) is 0 Å². The van der Waals surface area contributed by atoms with E-state index in [0.29, 0.717) is 24.8 Å². The molecule has 2 aliphatic rings. The third kappa shape index (κ3) is 3.06. The molecular weight excluding hydrogens is 380 g/mol. The molecule has 2 atom stereocenters. The fourth-order valence-electron chi connectivity index (χ4n) is 4.63. The van der Waals surface area contributed by atoms with Crippen LogP contribution in [0.1, 0.15) is 23.7 Å². The largest absolute Gasteiger partial charge is 0.496 e. The molecule has 5 rings (SSSR count). The van der Waals surface area contributed by atoms with Crippen LogP contribution in [0, 0.1) is 0 Å². The third-order valence-electron chi connectivity index (χ3n) is 6.11. The van der Waals surface area contributed by atoms with Gasteiger partial charge in [0.1, 0.15) is 11.9 Å². The summed E-state index contributed by atoms with van der Waals surface area (Å²) in [6.07, 6.45) is 5.17. The normalized spacial score (nSPS) is 20.4. The minimum absolute atomic E-state index is 0.0703. The Morgan fingerprint density at radius 1 is 1.20 bits per heavy atom. The van der Waals surface area contributed by atoms with Crippen molar-refractivity contribution in [3.05, 3.63) is 70.3 Å². The van der Waals surface area contributed by atoms with E-state index < -0.39 is 0 Å². The minimum Gasteiger partial charge on any atom is -0.496 e. The van der Waals surface area contributed by atoms with Crippen LogP contribution in [-0.4, -0.2) is 40.8 Å². The monoisotopic (exact) mass is 404 g/mol. The fraction of sp³-hybridized carbons (Fsp3) is 0.348. The molecule has 1 aliphatic heterocycles. The van der Waals surface area contributed by atoms with Gasteiger partial charge in [-0.25, -0.2) is 4.98 Å². The number of morpholine rings is 1. The second-order valence-corrected chi connectivity index (χ2v) is 7.69. The molecule has 0 saturated carbocycles. The van der Waals surface area contributed by atoms with Gasteiger partial charge in [0.15, 0.2) is 0 Å². The first-order valence-electron chi connectivity index (χ1n) is 10.2. The van der Waals surface area contributed by atoms with Crippen LogP contribution in [-0.2, 0) is 18.2 Å². The highest BCUT2D eigenvalue weighted by molar-refractivity contribution is 5.60. The molecule has 154 valence electrons. The number of hydrogen-bond donors (Lipinski definition) is 0. The summed E-state index contributed by atoms with van der Waals surface area (Å²) in [6, 6.07) is 11.6. The van der Waals surface area contributed by atoms with E-state index in [2.05, 4.69) is 16.0 Å². The number of methoxy groups -OCH3 is 1. The van der Waals surface area contributed by atoms with Gasteiger partial charge in [0.25, 0.3) is 5.56 Å². The molecule has 0 N–H and O–H groups in total. The molecule has 1 aromatic carbocycles. The van der Waals surface area contributed by atoms with Crippen molar-refractivity contribution < 1.29 is 9.47 Å². The summed E-state index contributed by atoms with van der Waals surface area (Å²) >= 11 is 0. The molecule has 1 saturated heterocycles. The lowest BCUT2D eigenvalue weighted by atomic mass is 9.83. The van der Waals surface area contributed by atoms with Crippen LogP contribution in [0.3, 0.4) is 0 Å². The zero-order valence-electron chi connectivity index (χ0n) is 17.1. The number of benzene rings is 1. The van der Waals surface area contributed by atoms with E-state index in [1.54, 1.807) is 37.2 Å². The van der Waals surface area contributed by atoms with E-state index in [9.17, 15) is 4.79 Å². The fourth-order valence-corrected chi connectivity index (χ4v) is 4.63. The van der Waals surface area contributed by atoms with Crippen molar-refractivity contribution in [2.24, 2.45) is 7.05 Å². The Balaban J connectivity index is 1.57. The Kier molecular flexibility index (Phi) is 4.75. The zero-order valence-corrected chi connectivity index (χ0v) is 17.1. The summed E-state index contributed by atoms with van der Waals surface area (Å²) in [5.41, 5.74) is 3.86. The van der Waals surface area contributed by atoms with Crippen LogP contribution in [0.15, 0.2) is 53.6 Å². The number of pyridine rings is 1. The van der Waals surface area contributed by atoms with E-state index >= 15 is 0 Å².